The van der Waals surface area contributed by atoms with Gasteiger partial charge in [0.05, 0.1) is 5.69 Å². The number of fused-ring (bicyclic) bond motifs is 1. The minimum atomic E-state index is 0.0444. The number of carbonyl (C=O) groups is 1. The highest BCUT2D eigenvalue weighted by Gasteiger charge is 2.32. The molecule has 112 valence electrons. The number of phenols is 1. The molecule has 0 saturated heterocycles. The van der Waals surface area contributed by atoms with Gasteiger partial charge in [-0.15, -0.1) is 0 Å². The molecule has 22 heavy (non-hydrogen) atoms. The number of aromatic hydroxyl groups is 1. The van der Waals surface area contributed by atoms with Crippen LogP contribution in [0.2, 0.25) is 0 Å². The molecular formula is C19H19NO2. The van der Waals surface area contributed by atoms with E-state index < -0.39 is 0 Å². The zero-order chi connectivity index (χ0) is 15.7. The summed E-state index contributed by atoms with van der Waals surface area (Å²) in [6, 6.07) is 14.8. The molecule has 3 heteroatoms. The fourth-order valence-corrected chi connectivity index (χ4v) is 2.73. The zero-order valence-electron chi connectivity index (χ0n) is 12.8. The lowest BCUT2D eigenvalue weighted by atomic mass is 10.0. The molecule has 0 unspecified atom stereocenters. The topological polar surface area (TPSA) is 40.5 Å². The van der Waals surface area contributed by atoms with E-state index >= 15 is 0 Å². The molecule has 0 bridgehead atoms. The molecule has 1 aliphatic heterocycles. The van der Waals surface area contributed by atoms with Crippen molar-refractivity contribution in [3.05, 3.63) is 59.7 Å². The van der Waals surface area contributed by atoms with Gasteiger partial charge in [-0.25, -0.2) is 0 Å². The van der Waals surface area contributed by atoms with Crippen LogP contribution in [0.5, 0.6) is 5.75 Å². The van der Waals surface area contributed by atoms with E-state index in [2.05, 4.69) is 13.8 Å². The molecule has 0 atom stereocenters. The predicted octanol–water partition coefficient (Wildman–Crippen LogP) is 3.94. The van der Waals surface area contributed by atoms with E-state index in [0.29, 0.717) is 18.0 Å². The largest absolute Gasteiger partial charge is 0.508 e. The summed E-state index contributed by atoms with van der Waals surface area (Å²) < 4.78 is 0. The van der Waals surface area contributed by atoms with Crippen LogP contribution in [0.15, 0.2) is 48.5 Å². The number of hydrogen-bond acceptors (Lipinski definition) is 2. The standard InChI is InChI=1S/C19H19NO2/c1-13(2)12-20-18-6-4-3-5-16(18)17(19(20)22)11-14-7-9-15(21)10-8-14/h3-11,13,21H,12H2,1-2H3/b17-11-. The van der Waals surface area contributed by atoms with E-state index in [1.165, 1.54) is 0 Å². The number of amides is 1. The van der Waals surface area contributed by atoms with Crippen molar-refractivity contribution in [2.75, 3.05) is 11.4 Å². The van der Waals surface area contributed by atoms with Crippen LogP contribution in [-0.2, 0) is 4.79 Å². The quantitative estimate of drug-likeness (QED) is 0.871. The van der Waals surface area contributed by atoms with Crippen LogP contribution in [0, 0.1) is 5.92 Å². The Balaban J connectivity index is 2.05. The van der Waals surface area contributed by atoms with Crippen molar-refractivity contribution in [1.29, 1.82) is 0 Å². The molecule has 0 saturated carbocycles. The summed E-state index contributed by atoms with van der Waals surface area (Å²) in [7, 11) is 0. The van der Waals surface area contributed by atoms with Gasteiger partial charge in [-0.2, -0.15) is 0 Å². The Morgan fingerprint density at radius 2 is 1.77 bits per heavy atom. The number of para-hydroxylation sites is 1. The third-order valence-electron chi connectivity index (χ3n) is 3.71. The molecule has 0 aliphatic carbocycles. The van der Waals surface area contributed by atoms with E-state index in [1.54, 1.807) is 12.1 Å². The van der Waals surface area contributed by atoms with Gasteiger partial charge in [0.1, 0.15) is 5.75 Å². The summed E-state index contributed by atoms with van der Waals surface area (Å²) in [6.45, 7) is 4.93. The number of hydrogen-bond donors (Lipinski definition) is 1. The second-order valence-electron chi connectivity index (χ2n) is 5.98. The van der Waals surface area contributed by atoms with Gasteiger partial charge >= 0.3 is 0 Å². The van der Waals surface area contributed by atoms with E-state index in [0.717, 1.165) is 16.8 Å². The van der Waals surface area contributed by atoms with Crippen molar-refractivity contribution in [3.8, 4) is 5.75 Å². The third-order valence-corrected chi connectivity index (χ3v) is 3.71. The minimum absolute atomic E-state index is 0.0444. The third kappa shape index (κ3) is 2.62. The number of benzene rings is 2. The first-order chi connectivity index (χ1) is 10.6. The monoisotopic (exact) mass is 293 g/mol. The zero-order valence-corrected chi connectivity index (χ0v) is 12.8. The second kappa shape index (κ2) is 5.68. The Bertz CT molecular complexity index is 729. The number of carbonyl (C=O) groups excluding carboxylic acids is 1. The van der Waals surface area contributed by atoms with Gasteiger partial charge in [0.15, 0.2) is 0 Å². The van der Waals surface area contributed by atoms with Crippen molar-refractivity contribution in [2.24, 2.45) is 5.92 Å². The second-order valence-corrected chi connectivity index (χ2v) is 5.98. The summed E-state index contributed by atoms with van der Waals surface area (Å²) >= 11 is 0. The molecule has 1 N–H and O–H groups in total. The van der Waals surface area contributed by atoms with Crippen LogP contribution in [-0.4, -0.2) is 17.6 Å². The summed E-state index contributed by atoms with van der Waals surface area (Å²) in [4.78, 5) is 14.6. The molecule has 3 nitrogen and oxygen atoms in total. The van der Waals surface area contributed by atoms with Gasteiger partial charge in [-0.1, -0.05) is 44.2 Å². The fourth-order valence-electron chi connectivity index (χ4n) is 2.73. The van der Waals surface area contributed by atoms with Crippen LogP contribution >= 0.6 is 0 Å². The van der Waals surface area contributed by atoms with Crippen molar-refractivity contribution in [3.63, 3.8) is 0 Å². The molecule has 0 radical (unpaired) electrons. The number of rotatable bonds is 3. The smallest absolute Gasteiger partial charge is 0.259 e. The summed E-state index contributed by atoms with van der Waals surface area (Å²) in [6.07, 6.45) is 1.89. The molecule has 1 aliphatic rings. The maximum Gasteiger partial charge on any atom is 0.259 e. The van der Waals surface area contributed by atoms with Gasteiger partial charge in [0.25, 0.3) is 5.91 Å². The molecule has 0 spiro atoms. The average molecular weight is 293 g/mol. The minimum Gasteiger partial charge on any atom is -0.508 e. The molecule has 1 heterocycles. The van der Waals surface area contributed by atoms with Gasteiger partial charge in [0, 0.05) is 17.7 Å². The van der Waals surface area contributed by atoms with E-state index in [4.69, 9.17) is 0 Å². The van der Waals surface area contributed by atoms with Gasteiger partial charge in [-0.3, -0.25) is 4.79 Å². The number of phenolic OH excluding ortho intramolecular Hbond substituents is 1. The first-order valence-corrected chi connectivity index (χ1v) is 7.48. The Hall–Kier alpha value is -2.55. The Kier molecular flexibility index (Phi) is 3.72. The lowest BCUT2D eigenvalue weighted by molar-refractivity contribution is -0.113. The van der Waals surface area contributed by atoms with Crippen molar-refractivity contribution >= 4 is 23.2 Å². The normalized spacial score (nSPS) is 15.7. The lowest BCUT2D eigenvalue weighted by Gasteiger charge is -2.19. The highest BCUT2D eigenvalue weighted by molar-refractivity contribution is 6.35. The summed E-state index contributed by atoms with van der Waals surface area (Å²) in [5, 5.41) is 9.37. The maximum absolute atomic E-state index is 12.8. The van der Waals surface area contributed by atoms with E-state index in [-0.39, 0.29) is 11.7 Å². The molecule has 3 rings (SSSR count). The average Bonchev–Trinajstić information content (AvgIpc) is 2.75. The van der Waals surface area contributed by atoms with Crippen LogP contribution in [0.4, 0.5) is 5.69 Å². The van der Waals surface area contributed by atoms with Crippen molar-refractivity contribution in [2.45, 2.75) is 13.8 Å². The molecule has 2 aromatic carbocycles. The lowest BCUT2D eigenvalue weighted by Crippen LogP contribution is -2.30. The predicted molar refractivity (Wildman–Crippen MR) is 89.6 cm³/mol. The first-order valence-electron chi connectivity index (χ1n) is 7.48. The number of nitrogens with zero attached hydrogens (tertiary/aromatic N) is 1. The van der Waals surface area contributed by atoms with Gasteiger partial charge < -0.3 is 10.0 Å². The van der Waals surface area contributed by atoms with E-state index in [9.17, 15) is 9.90 Å². The van der Waals surface area contributed by atoms with Gasteiger partial charge in [-0.05, 0) is 35.8 Å². The number of anilines is 1. The SMILES string of the molecule is CC(C)CN1C(=O)/C(=C\c2ccc(O)cc2)c2ccccc21. The molecule has 2 aromatic rings. The Morgan fingerprint density at radius 1 is 1.09 bits per heavy atom. The van der Waals surface area contributed by atoms with Crippen LogP contribution in [0.25, 0.3) is 11.6 Å². The van der Waals surface area contributed by atoms with Crippen LogP contribution in [0.1, 0.15) is 25.0 Å². The van der Waals surface area contributed by atoms with Crippen molar-refractivity contribution < 1.29 is 9.90 Å². The molecular weight excluding hydrogens is 274 g/mol. The fraction of sp³-hybridized carbons (Fsp3) is 0.211. The van der Waals surface area contributed by atoms with Crippen LogP contribution < -0.4 is 4.90 Å². The molecule has 1 amide bonds. The van der Waals surface area contributed by atoms with Gasteiger partial charge in [0.2, 0.25) is 0 Å². The van der Waals surface area contributed by atoms with Crippen LogP contribution in [0.3, 0.4) is 0 Å². The Morgan fingerprint density at radius 3 is 2.45 bits per heavy atom. The maximum atomic E-state index is 12.8. The van der Waals surface area contributed by atoms with E-state index in [1.807, 2.05) is 47.4 Å². The summed E-state index contributed by atoms with van der Waals surface area (Å²) in [5.41, 5.74) is 3.57. The first kappa shape index (κ1) is 14.4. The highest BCUT2D eigenvalue weighted by Crippen LogP contribution is 2.38. The van der Waals surface area contributed by atoms with Crippen molar-refractivity contribution in [1.82, 2.24) is 0 Å². The Labute approximate surface area is 130 Å². The highest BCUT2D eigenvalue weighted by atomic mass is 16.3. The summed E-state index contributed by atoms with van der Waals surface area (Å²) in [5.74, 6) is 0.676. The molecule has 0 aromatic heterocycles. The molecule has 0 fully saturated rings.